The van der Waals surface area contributed by atoms with Gasteiger partial charge in [0.25, 0.3) is 0 Å². The highest BCUT2D eigenvalue weighted by molar-refractivity contribution is 5.75. The van der Waals surface area contributed by atoms with Gasteiger partial charge < -0.3 is 4.74 Å². The van der Waals surface area contributed by atoms with Crippen molar-refractivity contribution >= 4 is 5.91 Å². The van der Waals surface area contributed by atoms with E-state index in [1.165, 1.54) is 5.56 Å². The molecule has 0 radical (unpaired) electrons. The van der Waals surface area contributed by atoms with Gasteiger partial charge in [0.05, 0.1) is 0 Å². The summed E-state index contributed by atoms with van der Waals surface area (Å²) in [6.07, 6.45) is 8.34. The molecule has 24 heavy (non-hydrogen) atoms. The van der Waals surface area contributed by atoms with E-state index in [1.54, 1.807) is 5.06 Å². The van der Waals surface area contributed by atoms with Gasteiger partial charge in [0.15, 0.2) is 6.29 Å². The highest BCUT2D eigenvalue weighted by Gasteiger charge is 2.22. The van der Waals surface area contributed by atoms with Crippen LogP contribution in [0.5, 0.6) is 0 Å². The Labute approximate surface area is 146 Å². The normalized spacial score (nSPS) is 17.6. The van der Waals surface area contributed by atoms with Crippen LogP contribution in [0.2, 0.25) is 0 Å². The Morgan fingerprint density at radius 2 is 2.04 bits per heavy atom. The maximum Gasteiger partial charge on any atom is 0.246 e. The summed E-state index contributed by atoms with van der Waals surface area (Å²) in [6.45, 7) is 3.56. The summed E-state index contributed by atoms with van der Waals surface area (Å²) < 4.78 is 5.62. The molecule has 1 heterocycles. The number of unbranched alkanes of at least 4 members (excludes halogenated alkanes) is 2. The molecule has 1 amide bonds. The van der Waals surface area contributed by atoms with E-state index < -0.39 is 0 Å². The van der Waals surface area contributed by atoms with Crippen LogP contribution in [0.3, 0.4) is 0 Å². The SMILES string of the molecule is CCCCCN(OC1CCCCO1)C(=O)CCCc1ccccc1. The molecule has 0 N–H and O–H groups in total. The fourth-order valence-electron chi connectivity index (χ4n) is 2.89. The van der Waals surface area contributed by atoms with Gasteiger partial charge in [-0.2, -0.15) is 0 Å². The van der Waals surface area contributed by atoms with Crippen molar-refractivity contribution in [1.82, 2.24) is 5.06 Å². The number of aryl methyl sites for hydroxylation is 1. The highest BCUT2D eigenvalue weighted by Crippen LogP contribution is 2.17. The maximum absolute atomic E-state index is 12.5. The van der Waals surface area contributed by atoms with Crippen LogP contribution in [0, 0.1) is 0 Å². The average molecular weight is 333 g/mol. The Balaban J connectivity index is 1.78. The van der Waals surface area contributed by atoms with Crippen molar-refractivity contribution in [3.63, 3.8) is 0 Å². The van der Waals surface area contributed by atoms with Gasteiger partial charge in [-0.3, -0.25) is 4.79 Å². The summed E-state index contributed by atoms with van der Waals surface area (Å²) in [5, 5.41) is 1.57. The maximum atomic E-state index is 12.5. The molecule has 2 rings (SSSR count). The van der Waals surface area contributed by atoms with Gasteiger partial charge in [0.1, 0.15) is 0 Å². The van der Waals surface area contributed by atoms with Gasteiger partial charge in [0.2, 0.25) is 5.91 Å². The Hall–Kier alpha value is -1.39. The Bertz CT molecular complexity index is 457. The van der Waals surface area contributed by atoms with Crippen LogP contribution in [0.4, 0.5) is 0 Å². The fraction of sp³-hybridized carbons (Fsp3) is 0.650. The quantitative estimate of drug-likeness (QED) is 0.468. The summed E-state index contributed by atoms with van der Waals surface area (Å²) in [5.74, 6) is 0.0798. The number of hydroxylamine groups is 2. The molecule has 134 valence electrons. The number of rotatable bonds is 10. The minimum Gasteiger partial charge on any atom is -0.350 e. The zero-order valence-corrected chi connectivity index (χ0v) is 14.9. The van der Waals surface area contributed by atoms with Gasteiger partial charge in [0, 0.05) is 26.0 Å². The first-order valence-electron chi connectivity index (χ1n) is 9.42. The number of amides is 1. The number of carbonyl (C=O) groups is 1. The third kappa shape index (κ3) is 7.02. The Morgan fingerprint density at radius 3 is 2.75 bits per heavy atom. The van der Waals surface area contributed by atoms with Crippen LogP contribution in [0.1, 0.15) is 63.9 Å². The van der Waals surface area contributed by atoms with Crippen molar-refractivity contribution in [2.75, 3.05) is 13.2 Å². The summed E-state index contributed by atoms with van der Waals surface area (Å²) in [4.78, 5) is 18.4. The van der Waals surface area contributed by atoms with Crippen LogP contribution in [-0.4, -0.2) is 30.4 Å². The number of nitrogens with zero attached hydrogens (tertiary/aromatic N) is 1. The molecule has 1 unspecified atom stereocenters. The molecule has 0 bridgehead atoms. The van der Waals surface area contributed by atoms with E-state index in [-0.39, 0.29) is 12.2 Å². The molecular weight excluding hydrogens is 302 g/mol. The number of hydrogen-bond acceptors (Lipinski definition) is 3. The van der Waals surface area contributed by atoms with Gasteiger partial charge >= 0.3 is 0 Å². The summed E-state index contributed by atoms with van der Waals surface area (Å²) in [7, 11) is 0. The van der Waals surface area contributed by atoms with Gasteiger partial charge in [-0.15, -0.1) is 0 Å². The standard InChI is InChI=1S/C20H31NO3/c1-2-3-8-16-21(24-20-15-7-9-17-23-20)19(22)14-10-13-18-11-5-4-6-12-18/h4-6,11-12,20H,2-3,7-10,13-17H2,1H3. The smallest absolute Gasteiger partial charge is 0.246 e. The summed E-state index contributed by atoms with van der Waals surface area (Å²) >= 11 is 0. The second kappa shape index (κ2) is 11.2. The Kier molecular flexibility index (Phi) is 8.85. The van der Waals surface area contributed by atoms with Crippen molar-refractivity contribution in [2.24, 2.45) is 0 Å². The van der Waals surface area contributed by atoms with E-state index in [1.807, 2.05) is 18.2 Å². The van der Waals surface area contributed by atoms with E-state index in [2.05, 4.69) is 19.1 Å². The number of hydrogen-bond donors (Lipinski definition) is 0. The first kappa shape index (κ1) is 18.9. The molecule has 4 heteroatoms. The highest BCUT2D eigenvalue weighted by atomic mass is 16.8. The monoisotopic (exact) mass is 333 g/mol. The van der Waals surface area contributed by atoms with E-state index in [4.69, 9.17) is 9.57 Å². The molecule has 1 aromatic carbocycles. The molecule has 1 fully saturated rings. The predicted molar refractivity (Wildman–Crippen MR) is 95.3 cm³/mol. The third-order valence-electron chi connectivity index (χ3n) is 4.32. The zero-order valence-electron chi connectivity index (χ0n) is 14.9. The van der Waals surface area contributed by atoms with Crippen LogP contribution in [-0.2, 0) is 20.8 Å². The second-order valence-corrected chi connectivity index (χ2v) is 6.44. The summed E-state index contributed by atoms with van der Waals surface area (Å²) in [5.41, 5.74) is 1.28. The van der Waals surface area contributed by atoms with Gasteiger partial charge in [-0.1, -0.05) is 50.1 Å². The molecule has 1 aromatic rings. The zero-order chi connectivity index (χ0) is 17.0. The predicted octanol–water partition coefficient (Wildman–Crippen LogP) is 4.49. The first-order chi connectivity index (χ1) is 11.8. The van der Waals surface area contributed by atoms with Crippen LogP contribution in [0.15, 0.2) is 30.3 Å². The topological polar surface area (TPSA) is 38.8 Å². The van der Waals surface area contributed by atoms with Crippen LogP contribution < -0.4 is 0 Å². The average Bonchev–Trinajstić information content (AvgIpc) is 2.63. The van der Waals surface area contributed by atoms with E-state index in [0.717, 1.165) is 58.0 Å². The molecule has 0 saturated carbocycles. The first-order valence-corrected chi connectivity index (χ1v) is 9.42. The van der Waals surface area contributed by atoms with Crippen LogP contribution >= 0.6 is 0 Å². The van der Waals surface area contributed by atoms with Gasteiger partial charge in [-0.25, -0.2) is 9.90 Å². The number of carbonyl (C=O) groups excluding carboxylic acids is 1. The lowest BCUT2D eigenvalue weighted by Gasteiger charge is -2.29. The van der Waals surface area contributed by atoms with Crippen molar-refractivity contribution < 1.29 is 14.4 Å². The summed E-state index contributed by atoms with van der Waals surface area (Å²) in [6, 6.07) is 10.3. The minimum atomic E-state index is -0.251. The van der Waals surface area contributed by atoms with Crippen molar-refractivity contribution in [3.05, 3.63) is 35.9 Å². The van der Waals surface area contributed by atoms with E-state index >= 15 is 0 Å². The molecular formula is C20H31NO3. The molecule has 4 nitrogen and oxygen atoms in total. The Morgan fingerprint density at radius 1 is 1.21 bits per heavy atom. The van der Waals surface area contributed by atoms with E-state index in [0.29, 0.717) is 13.0 Å². The van der Waals surface area contributed by atoms with Crippen molar-refractivity contribution in [2.45, 2.75) is 71.0 Å². The fourth-order valence-corrected chi connectivity index (χ4v) is 2.89. The lowest BCUT2D eigenvalue weighted by molar-refractivity contribution is -0.280. The van der Waals surface area contributed by atoms with Crippen molar-refractivity contribution in [3.8, 4) is 0 Å². The molecule has 0 spiro atoms. The second-order valence-electron chi connectivity index (χ2n) is 6.44. The molecule has 1 atom stereocenters. The molecule has 1 aliphatic heterocycles. The third-order valence-corrected chi connectivity index (χ3v) is 4.32. The molecule has 1 aliphatic rings. The van der Waals surface area contributed by atoms with Crippen molar-refractivity contribution in [1.29, 1.82) is 0 Å². The van der Waals surface area contributed by atoms with Gasteiger partial charge in [-0.05, 0) is 37.7 Å². The van der Waals surface area contributed by atoms with Crippen LogP contribution in [0.25, 0.3) is 0 Å². The largest absolute Gasteiger partial charge is 0.350 e. The number of benzene rings is 1. The molecule has 0 aromatic heterocycles. The lowest BCUT2D eigenvalue weighted by atomic mass is 10.1. The molecule has 0 aliphatic carbocycles. The lowest BCUT2D eigenvalue weighted by Crippen LogP contribution is -2.38. The number of ether oxygens (including phenoxy) is 1. The van der Waals surface area contributed by atoms with E-state index in [9.17, 15) is 4.79 Å². The minimum absolute atomic E-state index is 0.0798. The molecule has 1 saturated heterocycles.